The number of aromatic nitrogens is 1. The average Bonchev–Trinajstić information content (AvgIpc) is 2.25. The van der Waals surface area contributed by atoms with Crippen LogP contribution in [0.25, 0.3) is 10.4 Å². The van der Waals surface area contributed by atoms with E-state index in [1.54, 1.807) is 6.92 Å². The minimum Gasteiger partial charge on any atom is -0.390 e. The molecule has 0 spiro atoms. The lowest BCUT2D eigenvalue weighted by molar-refractivity contribution is 0.0237. The van der Waals surface area contributed by atoms with E-state index >= 15 is 0 Å². The number of nitrogens with zero attached hydrogens (tertiary/aromatic N) is 3. The predicted molar refractivity (Wildman–Crippen MR) is 56.8 cm³/mol. The van der Waals surface area contributed by atoms with Crippen LogP contribution in [0.5, 0.6) is 0 Å². The molecule has 1 heterocycles. The molecule has 0 saturated carbocycles. The van der Waals surface area contributed by atoms with E-state index in [9.17, 15) is 15.0 Å². The number of hydrogen-bond acceptors (Lipinski definition) is 4. The summed E-state index contributed by atoms with van der Waals surface area (Å²) in [6.07, 6.45) is -2.39. The Kier molecular flexibility index (Phi) is 4.07. The molecule has 0 bridgehead atoms. The molecule has 86 valence electrons. The van der Waals surface area contributed by atoms with Crippen molar-refractivity contribution in [1.82, 2.24) is 4.98 Å². The maximum atomic E-state index is 10.9. The van der Waals surface area contributed by atoms with Gasteiger partial charge in [0.25, 0.3) is 0 Å². The van der Waals surface area contributed by atoms with Gasteiger partial charge >= 0.3 is 0 Å². The topological polar surface area (TPSA) is 122 Å². The average molecular weight is 224 g/mol. The molecule has 0 aliphatic rings. The largest absolute Gasteiger partial charge is 0.390 e. The third-order valence-corrected chi connectivity index (χ3v) is 2.17. The summed E-state index contributed by atoms with van der Waals surface area (Å²) >= 11 is 0. The molecule has 16 heavy (non-hydrogen) atoms. The highest BCUT2D eigenvalue weighted by atomic mass is 16.3. The van der Waals surface area contributed by atoms with Crippen molar-refractivity contribution in [3.05, 3.63) is 44.2 Å². The summed E-state index contributed by atoms with van der Waals surface area (Å²) in [6, 6.07) is 2.68. The molecule has 1 aromatic rings. The first-order chi connectivity index (χ1) is 7.56. The van der Waals surface area contributed by atoms with Crippen molar-refractivity contribution in [3.8, 4) is 0 Å². The Morgan fingerprint density at radius 3 is 2.81 bits per heavy atom. The molecule has 0 saturated heterocycles. The first-order valence-corrected chi connectivity index (χ1v) is 4.63. The molecule has 0 amide bonds. The van der Waals surface area contributed by atoms with Gasteiger partial charge in [-0.1, -0.05) is 5.11 Å². The van der Waals surface area contributed by atoms with Crippen LogP contribution in [0, 0.1) is 6.92 Å². The quantitative estimate of drug-likeness (QED) is 0.389. The van der Waals surface area contributed by atoms with E-state index in [4.69, 9.17) is 5.53 Å². The maximum Gasteiger partial charge on any atom is 0.248 e. The summed E-state index contributed by atoms with van der Waals surface area (Å²) < 4.78 is 0. The SMILES string of the molecule is Cc1[nH]c(=O)ccc1C(O)C(O)CN=[N+]=[N-]. The molecule has 1 aromatic heterocycles. The third-order valence-electron chi connectivity index (χ3n) is 2.17. The molecule has 7 nitrogen and oxygen atoms in total. The van der Waals surface area contributed by atoms with Gasteiger partial charge in [-0.25, -0.2) is 0 Å². The van der Waals surface area contributed by atoms with E-state index in [0.29, 0.717) is 11.3 Å². The van der Waals surface area contributed by atoms with Crippen LogP contribution in [0.3, 0.4) is 0 Å². The number of H-pyrrole nitrogens is 1. The van der Waals surface area contributed by atoms with Crippen molar-refractivity contribution in [1.29, 1.82) is 0 Å². The minimum absolute atomic E-state index is 0.226. The second kappa shape index (κ2) is 5.32. The maximum absolute atomic E-state index is 10.9. The summed E-state index contributed by atoms with van der Waals surface area (Å²) in [6.45, 7) is 1.39. The second-order valence-electron chi connectivity index (χ2n) is 3.33. The number of aliphatic hydroxyl groups excluding tert-OH is 2. The number of pyridine rings is 1. The molecule has 2 unspecified atom stereocenters. The van der Waals surface area contributed by atoms with Gasteiger partial charge in [-0.05, 0) is 18.5 Å². The third kappa shape index (κ3) is 2.83. The Morgan fingerprint density at radius 2 is 2.25 bits per heavy atom. The lowest BCUT2D eigenvalue weighted by Crippen LogP contribution is -2.23. The van der Waals surface area contributed by atoms with Gasteiger partial charge in [0.05, 0.1) is 12.6 Å². The number of rotatable bonds is 4. The fourth-order valence-electron chi connectivity index (χ4n) is 1.34. The molecule has 0 radical (unpaired) electrons. The first-order valence-electron chi connectivity index (χ1n) is 4.63. The Bertz CT molecular complexity index is 464. The van der Waals surface area contributed by atoms with E-state index in [0.717, 1.165) is 0 Å². The number of aromatic amines is 1. The van der Waals surface area contributed by atoms with Gasteiger partial charge < -0.3 is 15.2 Å². The van der Waals surface area contributed by atoms with Gasteiger partial charge in [0, 0.05) is 22.2 Å². The Hall–Kier alpha value is -1.82. The molecule has 2 atom stereocenters. The van der Waals surface area contributed by atoms with Crippen LogP contribution in [0.1, 0.15) is 17.4 Å². The molecule has 0 aliphatic carbocycles. The summed E-state index contributed by atoms with van der Waals surface area (Å²) in [5, 5.41) is 22.4. The Balaban J connectivity index is 2.91. The molecule has 3 N–H and O–H groups in total. The number of azide groups is 1. The molecule has 7 heteroatoms. The van der Waals surface area contributed by atoms with Crippen molar-refractivity contribution in [2.24, 2.45) is 5.11 Å². The summed E-state index contributed by atoms with van der Waals surface area (Å²) in [4.78, 5) is 15.9. The standard InChI is InChI=1S/C9H12N4O3/c1-5-6(2-3-8(15)12-5)9(16)7(14)4-11-13-10/h2-3,7,9,14,16H,4H2,1H3,(H,12,15). The Morgan fingerprint density at radius 1 is 1.56 bits per heavy atom. The van der Waals surface area contributed by atoms with Crippen LogP contribution in [0.4, 0.5) is 0 Å². The van der Waals surface area contributed by atoms with E-state index < -0.39 is 12.2 Å². The van der Waals surface area contributed by atoms with Crippen LogP contribution < -0.4 is 5.56 Å². The minimum atomic E-state index is -1.19. The van der Waals surface area contributed by atoms with Crippen molar-refractivity contribution >= 4 is 0 Å². The predicted octanol–water partition coefficient (Wildman–Crippen LogP) is 0.388. The van der Waals surface area contributed by atoms with Crippen LogP contribution in [-0.2, 0) is 0 Å². The first kappa shape index (κ1) is 12.3. The number of aliphatic hydroxyl groups is 2. The number of hydrogen-bond donors (Lipinski definition) is 3. The molecular weight excluding hydrogens is 212 g/mol. The fourth-order valence-corrected chi connectivity index (χ4v) is 1.34. The van der Waals surface area contributed by atoms with E-state index in [1.165, 1.54) is 12.1 Å². The summed E-state index contributed by atoms with van der Waals surface area (Å²) in [5.41, 5.74) is 8.67. The lowest BCUT2D eigenvalue weighted by Gasteiger charge is -2.17. The van der Waals surface area contributed by atoms with Gasteiger partial charge in [-0.15, -0.1) is 0 Å². The summed E-state index contributed by atoms with van der Waals surface area (Å²) in [7, 11) is 0. The fraction of sp³-hybridized carbons (Fsp3) is 0.444. The van der Waals surface area contributed by atoms with Gasteiger partial charge in [0.1, 0.15) is 6.10 Å². The normalized spacial score (nSPS) is 13.9. The highest BCUT2D eigenvalue weighted by Crippen LogP contribution is 2.18. The van der Waals surface area contributed by atoms with Gasteiger partial charge in [0.2, 0.25) is 5.56 Å². The van der Waals surface area contributed by atoms with Gasteiger partial charge in [-0.3, -0.25) is 4.79 Å². The van der Waals surface area contributed by atoms with Crippen molar-refractivity contribution < 1.29 is 10.2 Å². The number of nitrogens with one attached hydrogen (secondary N) is 1. The highest BCUT2D eigenvalue weighted by molar-refractivity contribution is 5.22. The van der Waals surface area contributed by atoms with E-state index in [2.05, 4.69) is 15.0 Å². The van der Waals surface area contributed by atoms with Crippen molar-refractivity contribution in [2.45, 2.75) is 19.1 Å². The zero-order chi connectivity index (χ0) is 12.1. The smallest absolute Gasteiger partial charge is 0.248 e. The van der Waals surface area contributed by atoms with Crippen LogP contribution >= 0.6 is 0 Å². The second-order valence-corrected chi connectivity index (χ2v) is 3.33. The molecule has 0 aliphatic heterocycles. The van der Waals surface area contributed by atoms with Gasteiger partial charge in [-0.2, -0.15) is 0 Å². The monoisotopic (exact) mass is 224 g/mol. The highest BCUT2D eigenvalue weighted by Gasteiger charge is 2.19. The molecule has 0 fully saturated rings. The number of aryl methyl sites for hydroxylation is 1. The van der Waals surface area contributed by atoms with Gasteiger partial charge in [0.15, 0.2) is 0 Å². The lowest BCUT2D eigenvalue weighted by atomic mass is 10.0. The van der Waals surface area contributed by atoms with Crippen molar-refractivity contribution in [3.63, 3.8) is 0 Å². The van der Waals surface area contributed by atoms with Crippen LogP contribution in [0.15, 0.2) is 22.0 Å². The Labute approximate surface area is 91.0 Å². The zero-order valence-electron chi connectivity index (χ0n) is 8.66. The van der Waals surface area contributed by atoms with E-state index in [1.807, 2.05) is 0 Å². The van der Waals surface area contributed by atoms with Crippen molar-refractivity contribution in [2.75, 3.05) is 6.54 Å². The molecule has 1 rings (SSSR count). The van der Waals surface area contributed by atoms with Crippen LogP contribution in [-0.4, -0.2) is 27.8 Å². The van der Waals surface area contributed by atoms with Crippen LogP contribution in [0.2, 0.25) is 0 Å². The molecular formula is C9H12N4O3. The molecule has 0 aromatic carbocycles. The van der Waals surface area contributed by atoms with E-state index in [-0.39, 0.29) is 12.1 Å². The summed E-state index contributed by atoms with van der Waals surface area (Å²) in [5.74, 6) is 0. The zero-order valence-corrected chi connectivity index (χ0v) is 8.66.